The summed E-state index contributed by atoms with van der Waals surface area (Å²) in [5.74, 6) is -3.25. The zero-order chi connectivity index (χ0) is 31.3. The van der Waals surface area contributed by atoms with Crippen molar-refractivity contribution < 1.29 is 42.9 Å². The fourth-order valence-electron chi connectivity index (χ4n) is 5.57. The largest absolute Gasteiger partial charge is 0.456 e. The van der Waals surface area contributed by atoms with Crippen molar-refractivity contribution in [2.45, 2.75) is 70.6 Å². The molecule has 0 saturated carbocycles. The van der Waals surface area contributed by atoms with Gasteiger partial charge in [0.1, 0.15) is 18.4 Å². The molecule has 1 spiro atoms. The first-order valence-electron chi connectivity index (χ1n) is 14.3. The Morgan fingerprint density at radius 1 is 1.00 bits per heavy atom. The standard InChI is InChI=1S/C32H38N2O9/c1-19(2)28(33-31(39)40-5)29(37)34-18-32(42-20(3)14-21(4)43-32)15-26(34)30(38)41-17-27(36)25-12-10-24(11-13-25)23-8-6-22(16-35)7-9-23/h6-13,16,19-21,26,28H,14-15,17-18H2,1-5H3,(H,33,39)/t20-,21-,26?,28-/m0/s1. The summed E-state index contributed by atoms with van der Waals surface area (Å²) in [6.07, 6.45) is 0.323. The molecule has 2 aromatic carbocycles. The number of aldehydes is 1. The van der Waals surface area contributed by atoms with E-state index in [2.05, 4.69) is 5.32 Å². The van der Waals surface area contributed by atoms with Gasteiger partial charge in [0, 0.05) is 17.5 Å². The number of hydrogen-bond acceptors (Lipinski definition) is 9. The maximum atomic E-state index is 13.7. The van der Waals surface area contributed by atoms with E-state index < -0.39 is 48.2 Å². The van der Waals surface area contributed by atoms with Crippen molar-refractivity contribution in [3.05, 3.63) is 59.7 Å². The molecule has 230 valence electrons. The molecular formula is C32H38N2O9. The predicted molar refractivity (Wildman–Crippen MR) is 155 cm³/mol. The Morgan fingerprint density at radius 3 is 2.12 bits per heavy atom. The van der Waals surface area contributed by atoms with Crippen LogP contribution < -0.4 is 5.32 Å². The molecule has 43 heavy (non-hydrogen) atoms. The minimum atomic E-state index is -1.23. The van der Waals surface area contributed by atoms with Crippen molar-refractivity contribution in [1.82, 2.24) is 10.2 Å². The maximum absolute atomic E-state index is 13.7. The van der Waals surface area contributed by atoms with E-state index >= 15 is 0 Å². The molecule has 0 aromatic heterocycles. The number of carbonyl (C=O) groups is 5. The van der Waals surface area contributed by atoms with Crippen LogP contribution in [0.4, 0.5) is 4.79 Å². The number of alkyl carbamates (subject to hydrolysis) is 1. The fourth-order valence-corrected chi connectivity index (χ4v) is 5.57. The quantitative estimate of drug-likeness (QED) is 0.261. The first-order valence-corrected chi connectivity index (χ1v) is 14.3. The molecule has 0 aliphatic carbocycles. The Labute approximate surface area is 250 Å². The number of amides is 2. The lowest BCUT2D eigenvalue weighted by Crippen LogP contribution is -2.55. The second-order valence-electron chi connectivity index (χ2n) is 11.4. The number of hydrogen-bond donors (Lipinski definition) is 1. The third-order valence-corrected chi connectivity index (χ3v) is 7.67. The van der Waals surface area contributed by atoms with Crippen LogP contribution in [0.1, 0.15) is 61.3 Å². The van der Waals surface area contributed by atoms with Gasteiger partial charge in [0.05, 0.1) is 25.9 Å². The van der Waals surface area contributed by atoms with Gasteiger partial charge in [0.25, 0.3) is 0 Å². The average molecular weight is 595 g/mol. The number of benzene rings is 2. The summed E-state index contributed by atoms with van der Waals surface area (Å²) in [7, 11) is 1.20. The molecule has 2 heterocycles. The monoisotopic (exact) mass is 594 g/mol. The van der Waals surface area contributed by atoms with E-state index in [9.17, 15) is 24.0 Å². The number of ketones is 1. The Kier molecular flexibility index (Phi) is 9.98. The fraction of sp³-hybridized carbons (Fsp3) is 0.469. The Morgan fingerprint density at radius 2 is 1.58 bits per heavy atom. The Balaban J connectivity index is 1.48. The lowest BCUT2D eigenvalue weighted by molar-refractivity contribution is -0.303. The van der Waals surface area contributed by atoms with Crippen molar-refractivity contribution >= 4 is 30.0 Å². The summed E-state index contributed by atoms with van der Waals surface area (Å²) in [5, 5.41) is 2.55. The summed E-state index contributed by atoms with van der Waals surface area (Å²) in [6.45, 7) is 6.76. The van der Waals surface area contributed by atoms with Crippen LogP contribution in [-0.4, -0.2) is 85.3 Å². The van der Waals surface area contributed by atoms with Crippen LogP contribution in [0.2, 0.25) is 0 Å². The number of likely N-dealkylation sites (tertiary alicyclic amines) is 1. The zero-order valence-corrected chi connectivity index (χ0v) is 25.0. The molecule has 11 nitrogen and oxygen atoms in total. The third kappa shape index (κ3) is 7.47. The van der Waals surface area contributed by atoms with Crippen LogP contribution in [0.5, 0.6) is 0 Å². The predicted octanol–water partition coefficient (Wildman–Crippen LogP) is 3.78. The summed E-state index contributed by atoms with van der Waals surface area (Å²) in [4.78, 5) is 64.3. The Bertz CT molecular complexity index is 1330. The number of methoxy groups -OCH3 is 1. The highest BCUT2D eigenvalue weighted by atomic mass is 16.7. The molecule has 2 amide bonds. The van der Waals surface area contributed by atoms with Gasteiger partial charge in [-0.2, -0.15) is 0 Å². The highest BCUT2D eigenvalue weighted by molar-refractivity contribution is 5.99. The van der Waals surface area contributed by atoms with Crippen molar-refractivity contribution in [1.29, 1.82) is 0 Å². The second-order valence-corrected chi connectivity index (χ2v) is 11.4. The highest BCUT2D eigenvalue weighted by Crippen LogP contribution is 2.39. The van der Waals surface area contributed by atoms with Gasteiger partial charge in [0.15, 0.2) is 18.2 Å². The second kappa shape index (κ2) is 13.5. The summed E-state index contributed by atoms with van der Waals surface area (Å²) >= 11 is 0. The van der Waals surface area contributed by atoms with Gasteiger partial charge in [-0.1, -0.05) is 62.4 Å². The van der Waals surface area contributed by atoms with Crippen LogP contribution in [0.25, 0.3) is 11.1 Å². The van der Waals surface area contributed by atoms with Gasteiger partial charge in [-0.3, -0.25) is 14.4 Å². The van der Waals surface area contributed by atoms with E-state index in [0.717, 1.165) is 17.4 Å². The molecule has 2 aliphatic heterocycles. The number of carbonyl (C=O) groups excluding carboxylic acids is 5. The Hall–Kier alpha value is -4.09. The maximum Gasteiger partial charge on any atom is 0.407 e. The average Bonchev–Trinajstić information content (AvgIpc) is 3.35. The van der Waals surface area contributed by atoms with Gasteiger partial charge in [0.2, 0.25) is 5.91 Å². The highest BCUT2D eigenvalue weighted by Gasteiger charge is 2.55. The minimum Gasteiger partial charge on any atom is -0.456 e. The molecule has 2 fully saturated rings. The van der Waals surface area contributed by atoms with Crippen molar-refractivity contribution in [3.63, 3.8) is 0 Å². The molecule has 0 bridgehead atoms. The van der Waals surface area contributed by atoms with Crippen molar-refractivity contribution in [3.8, 4) is 11.1 Å². The van der Waals surface area contributed by atoms with E-state index in [1.54, 1.807) is 50.2 Å². The van der Waals surface area contributed by atoms with Gasteiger partial charge < -0.3 is 29.2 Å². The first-order chi connectivity index (χ1) is 20.4. The molecule has 1 unspecified atom stereocenters. The zero-order valence-electron chi connectivity index (χ0n) is 25.0. The number of ether oxygens (including phenoxy) is 4. The number of Topliss-reactive ketones (excluding diaryl/α,β-unsaturated/α-hetero) is 1. The van der Waals surface area contributed by atoms with Crippen LogP contribution in [0.15, 0.2) is 48.5 Å². The molecule has 11 heteroatoms. The lowest BCUT2D eigenvalue weighted by Gasteiger charge is -2.40. The van der Waals surface area contributed by atoms with Crippen LogP contribution in [0, 0.1) is 5.92 Å². The van der Waals surface area contributed by atoms with Gasteiger partial charge >= 0.3 is 12.1 Å². The molecular weight excluding hydrogens is 556 g/mol. The SMILES string of the molecule is COC(=O)N[C@H](C(=O)N1CC2(CC1C(=O)OCC(=O)c1ccc(-c3ccc(C=O)cc3)cc1)O[C@@H](C)C[C@H](C)O2)C(C)C. The molecule has 4 rings (SSSR count). The number of rotatable bonds is 9. The van der Waals surface area contributed by atoms with Crippen molar-refractivity contribution in [2.24, 2.45) is 5.92 Å². The minimum absolute atomic E-state index is 0.0150. The number of esters is 1. The molecule has 4 atom stereocenters. The molecule has 2 saturated heterocycles. The van der Waals surface area contributed by atoms with E-state index in [1.165, 1.54) is 12.0 Å². The topological polar surface area (TPSA) is 138 Å². The first kappa shape index (κ1) is 31.8. The van der Waals surface area contributed by atoms with Crippen LogP contribution in [0.3, 0.4) is 0 Å². The number of nitrogens with one attached hydrogen (secondary N) is 1. The number of nitrogens with zero attached hydrogens (tertiary/aromatic N) is 1. The summed E-state index contributed by atoms with van der Waals surface area (Å²) in [5.41, 5.74) is 2.65. The summed E-state index contributed by atoms with van der Waals surface area (Å²) < 4.78 is 22.4. The van der Waals surface area contributed by atoms with Crippen molar-refractivity contribution in [2.75, 3.05) is 20.3 Å². The molecule has 2 aliphatic rings. The third-order valence-electron chi connectivity index (χ3n) is 7.67. The normalized spacial score (nSPS) is 24.0. The van der Waals surface area contributed by atoms with Gasteiger partial charge in [-0.15, -0.1) is 0 Å². The van der Waals surface area contributed by atoms with E-state index in [4.69, 9.17) is 18.9 Å². The summed E-state index contributed by atoms with van der Waals surface area (Å²) in [6, 6.07) is 11.8. The van der Waals surface area contributed by atoms with Crippen LogP contribution in [-0.2, 0) is 28.5 Å². The molecule has 0 radical (unpaired) electrons. The van der Waals surface area contributed by atoms with E-state index in [-0.39, 0.29) is 31.1 Å². The molecule has 1 N–H and O–H groups in total. The van der Waals surface area contributed by atoms with E-state index in [1.807, 2.05) is 26.0 Å². The van der Waals surface area contributed by atoms with Gasteiger partial charge in [-0.05, 0) is 37.3 Å². The van der Waals surface area contributed by atoms with Crippen LogP contribution >= 0.6 is 0 Å². The smallest absolute Gasteiger partial charge is 0.407 e. The molecule has 2 aromatic rings. The van der Waals surface area contributed by atoms with E-state index in [0.29, 0.717) is 17.5 Å². The lowest BCUT2D eigenvalue weighted by atomic mass is 10.0. The van der Waals surface area contributed by atoms with Gasteiger partial charge in [-0.25, -0.2) is 9.59 Å².